The van der Waals surface area contributed by atoms with Crippen molar-refractivity contribution < 1.29 is 4.92 Å². The van der Waals surface area contributed by atoms with Gasteiger partial charge in [0.2, 0.25) is 5.82 Å². The van der Waals surface area contributed by atoms with E-state index in [2.05, 4.69) is 20.5 Å². The van der Waals surface area contributed by atoms with Crippen LogP contribution in [-0.2, 0) is 6.42 Å². The van der Waals surface area contributed by atoms with E-state index in [1.54, 1.807) is 6.20 Å². The molecular formula is C13H14N6O2. The summed E-state index contributed by atoms with van der Waals surface area (Å²) in [5, 5.41) is 29.4. The summed E-state index contributed by atoms with van der Waals surface area (Å²) in [7, 11) is 0. The van der Waals surface area contributed by atoms with Gasteiger partial charge in [-0.1, -0.05) is 0 Å². The fourth-order valence-electron chi connectivity index (χ4n) is 1.90. The summed E-state index contributed by atoms with van der Waals surface area (Å²) in [6.45, 7) is 2.49. The zero-order chi connectivity index (χ0) is 15.2. The van der Waals surface area contributed by atoms with E-state index < -0.39 is 4.92 Å². The zero-order valence-corrected chi connectivity index (χ0v) is 11.5. The third-order valence-electron chi connectivity index (χ3n) is 3.04. The van der Waals surface area contributed by atoms with E-state index in [0.29, 0.717) is 6.54 Å². The number of nitro groups is 1. The van der Waals surface area contributed by atoms with Crippen molar-refractivity contribution in [1.82, 2.24) is 15.2 Å². The number of hydrogen-bond acceptors (Lipinski definition) is 6. The lowest BCUT2D eigenvalue weighted by atomic mass is 10.1. The molecule has 2 rings (SSSR count). The molecule has 0 amide bonds. The lowest BCUT2D eigenvalue weighted by molar-refractivity contribution is -0.384. The average molecular weight is 286 g/mol. The molecule has 8 heteroatoms. The Bertz CT molecular complexity index is 688. The van der Waals surface area contributed by atoms with E-state index in [9.17, 15) is 10.1 Å². The quantitative estimate of drug-likeness (QED) is 0.475. The zero-order valence-electron chi connectivity index (χ0n) is 11.5. The van der Waals surface area contributed by atoms with Crippen molar-refractivity contribution in [2.45, 2.75) is 19.8 Å². The minimum atomic E-state index is -0.545. The molecule has 2 aromatic heterocycles. The molecule has 0 fully saturated rings. The van der Waals surface area contributed by atoms with Crippen molar-refractivity contribution in [2.75, 3.05) is 11.9 Å². The highest BCUT2D eigenvalue weighted by molar-refractivity contribution is 5.58. The number of aromatic amines is 1. The standard InChI is InChI=1S/C13H14N6O2/c1-9-11(8-17-18-9)3-2-4-15-13-12(19(20)21)5-10(6-14)7-16-13/h5,7-8H,2-4H2,1H3,(H,15,16)(H,17,18). The third-order valence-corrected chi connectivity index (χ3v) is 3.04. The van der Waals surface area contributed by atoms with Gasteiger partial charge in [0, 0.05) is 24.5 Å². The van der Waals surface area contributed by atoms with Crippen molar-refractivity contribution in [3.63, 3.8) is 0 Å². The smallest absolute Gasteiger partial charge is 0.312 e. The first-order valence-corrected chi connectivity index (χ1v) is 6.39. The fourth-order valence-corrected chi connectivity index (χ4v) is 1.90. The van der Waals surface area contributed by atoms with Crippen molar-refractivity contribution in [3.8, 4) is 6.07 Å². The Kier molecular flexibility index (Phi) is 4.46. The van der Waals surface area contributed by atoms with Gasteiger partial charge in [0.1, 0.15) is 6.07 Å². The molecular weight excluding hydrogens is 272 g/mol. The average Bonchev–Trinajstić information content (AvgIpc) is 2.89. The summed E-state index contributed by atoms with van der Waals surface area (Å²) in [6.07, 6.45) is 4.70. The summed E-state index contributed by atoms with van der Waals surface area (Å²) in [5.41, 5.74) is 2.13. The maximum absolute atomic E-state index is 11.0. The van der Waals surface area contributed by atoms with E-state index in [1.165, 1.54) is 12.3 Å². The first-order chi connectivity index (χ1) is 10.1. The van der Waals surface area contributed by atoms with Crippen LogP contribution in [0.4, 0.5) is 11.5 Å². The highest BCUT2D eigenvalue weighted by atomic mass is 16.6. The predicted molar refractivity (Wildman–Crippen MR) is 75.7 cm³/mol. The minimum absolute atomic E-state index is 0.168. The van der Waals surface area contributed by atoms with Gasteiger partial charge >= 0.3 is 5.69 Å². The number of anilines is 1. The Morgan fingerprint density at radius 3 is 2.95 bits per heavy atom. The van der Waals surface area contributed by atoms with Crippen LogP contribution in [0, 0.1) is 28.4 Å². The maximum Gasteiger partial charge on any atom is 0.312 e. The molecule has 0 saturated carbocycles. The normalized spacial score (nSPS) is 10.1. The molecule has 0 aliphatic heterocycles. The van der Waals surface area contributed by atoms with E-state index in [4.69, 9.17) is 5.26 Å². The monoisotopic (exact) mass is 286 g/mol. The molecule has 0 unspecified atom stereocenters. The Hall–Kier alpha value is -2.95. The van der Waals surface area contributed by atoms with Gasteiger partial charge < -0.3 is 5.32 Å². The molecule has 108 valence electrons. The molecule has 2 N–H and O–H groups in total. The number of pyridine rings is 1. The van der Waals surface area contributed by atoms with Crippen LogP contribution in [0.1, 0.15) is 23.2 Å². The molecule has 0 saturated heterocycles. The largest absolute Gasteiger partial charge is 0.364 e. The number of H-pyrrole nitrogens is 1. The van der Waals surface area contributed by atoms with Crippen molar-refractivity contribution >= 4 is 11.5 Å². The molecule has 2 aromatic rings. The molecule has 0 bridgehead atoms. The molecule has 0 aromatic carbocycles. The molecule has 2 heterocycles. The second-order valence-electron chi connectivity index (χ2n) is 4.51. The van der Waals surface area contributed by atoms with Crippen LogP contribution < -0.4 is 5.32 Å². The van der Waals surface area contributed by atoms with Crippen molar-refractivity contribution in [1.29, 1.82) is 5.26 Å². The second-order valence-corrected chi connectivity index (χ2v) is 4.51. The number of nitrogens with one attached hydrogen (secondary N) is 2. The van der Waals surface area contributed by atoms with Gasteiger partial charge in [-0.3, -0.25) is 15.2 Å². The molecule has 8 nitrogen and oxygen atoms in total. The van der Waals surface area contributed by atoms with Crippen LogP contribution in [0.2, 0.25) is 0 Å². The number of nitrogens with zero attached hydrogens (tertiary/aromatic N) is 4. The van der Waals surface area contributed by atoms with Crippen LogP contribution in [0.5, 0.6) is 0 Å². The topological polar surface area (TPSA) is 121 Å². The molecule has 0 atom stereocenters. The predicted octanol–water partition coefficient (Wildman–Crippen LogP) is 1.94. The fraction of sp³-hybridized carbons (Fsp3) is 0.308. The molecule has 21 heavy (non-hydrogen) atoms. The molecule has 0 spiro atoms. The number of hydrogen-bond donors (Lipinski definition) is 2. The van der Waals surface area contributed by atoms with Gasteiger partial charge in [-0.2, -0.15) is 10.4 Å². The Morgan fingerprint density at radius 2 is 2.33 bits per heavy atom. The van der Waals surface area contributed by atoms with Crippen LogP contribution >= 0.6 is 0 Å². The van der Waals surface area contributed by atoms with Gasteiger partial charge in [-0.15, -0.1) is 0 Å². The second kappa shape index (κ2) is 6.47. The summed E-state index contributed by atoms with van der Waals surface area (Å²) < 4.78 is 0. The van der Waals surface area contributed by atoms with Crippen LogP contribution in [0.3, 0.4) is 0 Å². The number of rotatable bonds is 6. The van der Waals surface area contributed by atoms with E-state index >= 15 is 0 Å². The maximum atomic E-state index is 11.0. The highest BCUT2D eigenvalue weighted by Crippen LogP contribution is 2.22. The van der Waals surface area contributed by atoms with Gasteiger partial charge in [0.15, 0.2) is 0 Å². The van der Waals surface area contributed by atoms with Gasteiger partial charge in [-0.25, -0.2) is 4.98 Å². The molecule has 0 aliphatic rings. The molecule has 0 radical (unpaired) electrons. The highest BCUT2D eigenvalue weighted by Gasteiger charge is 2.15. The van der Waals surface area contributed by atoms with Crippen LogP contribution in [0.15, 0.2) is 18.5 Å². The van der Waals surface area contributed by atoms with Gasteiger partial charge in [0.25, 0.3) is 0 Å². The van der Waals surface area contributed by atoms with E-state index in [1.807, 2.05) is 13.0 Å². The first-order valence-electron chi connectivity index (χ1n) is 6.39. The lowest BCUT2D eigenvalue weighted by Crippen LogP contribution is -2.07. The van der Waals surface area contributed by atoms with E-state index in [0.717, 1.165) is 24.1 Å². The lowest BCUT2D eigenvalue weighted by Gasteiger charge is -2.06. The Balaban J connectivity index is 1.95. The van der Waals surface area contributed by atoms with Crippen molar-refractivity contribution in [3.05, 3.63) is 45.4 Å². The van der Waals surface area contributed by atoms with E-state index in [-0.39, 0.29) is 17.1 Å². The van der Waals surface area contributed by atoms with Crippen molar-refractivity contribution in [2.24, 2.45) is 0 Å². The first kappa shape index (κ1) is 14.5. The minimum Gasteiger partial charge on any atom is -0.364 e. The number of aromatic nitrogens is 3. The van der Waals surface area contributed by atoms with Gasteiger partial charge in [-0.05, 0) is 25.3 Å². The summed E-state index contributed by atoms with van der Waals surface area (Å²) >= 11 is 0. The Labute approximate surface area is 121 Å². The molecule has 0 aliphatic carbocycles. The van der Waals surface area contributed by atoms with Crippen LogP contribution in [-0.4, -0.2) is 26.6 Å². The SMILES string of the molecule is Cc1[nH]ncc1CCCNc1ncc(C#N)cc1[N+](=O)[O-]. The third kappa shape index (κ3) is 3.54. The number of nitriles is 1. The summed E-state index contributed by atoms with van der Waals surface area (Å²) in [6, 6.07) is 3.05. The number of aryl methyl sites for hydroxylation is 2. The van der Waals surface area contributed by atoms with Gasteiger partial charge in [0.05, 0.1) is 16.7 Å². The Morgan fingerprint density at radius 1 is 1.52 bits per heavy atom. The summed E-state index contributed by atoms with van der Waals surface area (Å²) in [4.78, 5) is 14.3. The summed E-state index contributed by atoms with van der Waals surface area (Å²) in [5.74, 6) is 0.183. The van der Waals surface area contributed by atoms with Crippen LogP contribution in [0.25, 0.3) is 0 Å².